The fraction of sp³-hybridized carbons (Fsp3) is 0.857. The van der Waals surface area contributed by atoms with E-state index in [0.717, 1.165) is 6.42 Å². The first-order valence-electron chi connectivity index (χ1n) is 19.7. The summed E-state index contributed by atoms with van der Waals surface area (Å²) >= 11 is 2.57. The fourth-order valence-electron chi connectivity index (χ4n) is 5.29. The Bertz CT molecular complexity index is 1400. The zero-order valence-electron chi connectivity index (χ0n) is 34.1. The highest BCUT2D eigenvalue weighted by atomic mass is 32.2. The van der Waals surface area contributed by atoms with Crippen molar-refractivity contribution in [3.8, 4) is 0 Å². The third kappa shape index (κ3) is 20.3. The Labute approximate surface area is 350 Å². The number of amides is 5. The third-order valence-corrected chi connectivity index (χ3v) is 15.1. The minimum absolute atomic E-state index is 0.0787. The Kier molecular flexibility index (Phi) is 25.4. The summed E-state index contributed by atoms with van der Waals surface area (Å²) < 4.78 is 50.1. The van der Waals surface area contributed by atoms with Crippen LogP contribution in [0, 0.1) is 0 Å². The molecule has 2 fully saturated rings. The minimum atomic E-state index is -3.69. The van der Waals surface area contributed by atoms with Crippen LogP contribution in [-0.4, -0.2) is 173 Å². The molecular weight excluding hydrogens is 842 g/mol. The predicted octanol–water partition coefficient (Wildman–Crippen LogP) is 1.95. The second kappa shape index (κ2) is 28.1. The Morgan fingerprint density at radius 1 is 0.707 bits per heavy atom. The van der Waals surface area contributed by atoms with Crippen LogP contribution in [0.15, 0.2) is 0 Å². The van der Waals surface area contributed by atoms with Crippen LogP contribution in [0.4, 0.5) is 0 Å². The van der Waals surface area contributed by atoms with E-state index in [4.69, 9.17) is 23.3 Å². The van der Waals surface area contributed by atoms with E-state index in [-0.39, 0.29) is 128 Å². The number of aliphatic hydroxyl groups is 1. The summed E-state index contributed by atoms with van der Waals surface area (Å²) in [6, 6.07) is 0. The largest absolute Gasteiger partial charge is 0.377 e. The van der Waals surface area contributed by atoms with Gasteiger partial charge in [0.15, 0.2) is 0 Å². The number of aliphatic hydroxyl groups excluding tert-OH is 1. The maximum atomic E-state index is 12.7. The van der Waals surface area contributed by atoms with Crippen LogP contribution < -0.4 is 10.6 Å². The Morgan fingerprint density at radius 2 is 1.22 bits per heavy atom. The number of likely N-dealkylation sites (tertiary alicyclic amines) is 2. The molecule has 0 aliphatic carbocycles. The van der Waals surface area contributed by atoms with Crippen molar-refractivity contribution < 1.29 is 71.3 Å². The van der Waals surface area contributed by atoms with Crippen LogP contribution in [-0.2, 0) is 56.4 Å². The molecule has 2 heterocycles. The number of hydrogen-bond acceptors (Lipinski definition) is 15. The summed E-state index contributed by atoms with van der Waals surface area (Å²) in [4.78, 5) is 83.9. The molecule has 2 aliphatic rings. The number of imide groups is 1. The molecule has 19 nitrogen and oxygen atoms in total. The van der Waals surface area contributed by atoms with Crippen molar-refractivity contribution in [1.82, 2.24) is 20.4 Å². The number of ether oxygens (including phenoxy) is 3. The van der Waals surface area contributed by atoms with Gasteiger partial charge in [-0.2, -0.15) is 0 Å². The van der Waals surface area contributed by atoms with Gasteiger partial charge in [0.05, 0.1) is 81.2 Å². The van der Waals surface area contributed by atoms with Crippen molar-refractivity contribution in [2.24, 2.45) is 0 Å². The van der Waals surface area contributed by atoms with E-state index >= 15 is 0 Å². The van der Waals surface area contributed by atoms with Gasteiger partial charge >= 0.3 is 15.2 Å². The standard InChI is InChI=1S/C35H64N4O15P2S2/c1-26(2)55(46,47)53-14-7-5-6-10-36-30(40)8-22-57-28-24-32(42)38(34(28)44)12-16-50-18-20-52-21-19-51-17-13-39-33(43)25-29(35(39)45)58-23-9-31(41)37-11-15-54-56(48,49)27(3)4/h26-29,33,43H,5-25H2,1-4H3,(H,36,40)(H,37,41)(H,46,47)(H,48,49). The summed E-state index contributed by atoms with van der Waals surface area (Å²) in [6.45, 7) is 8.80. The van der Waals surface area contributed by atoms with Crippen LogP contribution in [0.1, 0.15) is 72.6 Å². The molecule has 0 spiro atoms. The van der Waals surface area contributed by atoms with E-state index in [2.05, 4.69) is 10.6 Å². The summed E-state index contributed by atoms with van der Waals surface area (Å²) in [5, 5.41) is 14.8. The number of rotatable bonds is 33. The van der Waals surface area contributed by atoms with Crippen LogP contribution in [0.5, 0.6) is 0 Å². The van der Waals surface area contributed by atoms with E-state index < -0.39 is 43.2 Å². The number of thioether (sulfide) groups is 2. The van der Waals surface area contributed by atoms with E-state index in [9.17, 15) is 48.0 Å². The van der Waals surface area contributed by atoms with Gasteiger partial charge in [-0.1, -0.05) is 27.7 Å². The van der Waals surface area contributed by atoms with Gasteiger partial charge in [-0.05, 0) is 19.3 Å². The molecule has 2 saturated heterocycles. The lowest BCUT2D eigenvalue weighted by Crippen LogP contribution is -2.37. The number of nitrogens with zero attached hydrogens (tertiary/aromatic N) is 2. The summed E-state index contributed by atoms with van der Waals surface area (Å²) in [5.41, 5.74) is -0.982. The van der Waals surface area contributed by atoms with E-state index in [0.29, 0.717) is 30.9 Å². The molecule has 5 atom stereocenters. The van der Waals surface area contributed by atoms with Crippen molar-refractivity contribution in [3.05, 3.63) is 0 Å². The van der Waals surface area contributed by atoms with Gasteiger partial charge in [-0.3, -0.25) is 38.0 Å². The third-order valence-electron chi connectivity index (χ3n) is 8.95. The lowest BCUT2D eigenvalue weighted by molar-refractivity contribution is -0.139. The van der Waals surface area contributed by atoms with Crippen LogP contribution in [0.25, 0.3) is 0 Å². The number of unbranched alkanes of at least 4 members (excludes halogenated alkanes) is 2. The first kappa shape index (κ1) is 52.5. The van der Waals surface area contributed by atoms with E-state index in [1.165, 1.54) is 33.3 Å². The van der Waals surface area contributed by atoms with Crippen molar-refractivity contribution in [1.29, 1.82) is 0 Å². The molecule has 23 heteroatoms. The van der Waals surface area contributed by atoms with E-state index in [1.807, 2.05) is 0 Å². The van der Waals surface area contributed by atoms with Gasteiger partial charge in [0.25, 0.3) is 0 Å². The molecule has 5 amide bonds. The van der Waals surface area contributed by atoms with Crippen molar-refractivity contribution in [3.63, 3.8) is 0 Å². The van der Waals surface area contributed by atoms with Crippen molar-refractivity contribution in [2.75, 3.05) is 90.5 Å². The van der Waals surface area contributed by atoms with Gasteiger partial charge in [-0.25, -0.2) is 0 Å². The number of carbonyl (C=O) groups is 5. The minimum Gasteiger partial charge on any atom is -0.377 e. The molecule has 2 rings (SSSR count). The molecule has 2 aliphatic heterocycles. The molecule has 0 bridgehead atoms. The first-order valence-corrected chi connectivity index (χ1v) is 25.1. The lowest BCUT2D eigenvalue weighted by atomic mass is 10.2. The number of hydrogen-bond donors (Lipinski definition) is 5. The van der Waals surface area contributed by atoms with Crippen LogP contribution in [0.2, 0.25) is 0 Å². The molecule has 336 valence electrons. The molecule has 0 aromatic carbocycles. The lowest BCUT2D eigenvalue weighted by Gasteiger charge is -2.20. The highest BCUT2D eigenvalue weighted by Crippen LogP contribution is 2.47. The summed E-state index contributed by atoms with van der Waals surface area (Å²) in [5.74, 6) is -0.450. The highest BCUT2D eigenvalue weighted by molar-refractivity contribution is 8.00. The molecule has 0 aromatic rings. The normalized spacial score (nSPS) is 20.6. The molecule has 0 saturated carbocycles. The Morgan fingerprint density at radius 3 is 1.81 bits per heavy atom. The number of nitrogens with one attached hydrogen (secondary N) is 2. The topological polar surface area (TPSA) is 257 Å². The van der Waals surface area contributed by atoms with Crippen molar-refractivity contribution in [2.45, 2.75) is 101 Å². The van der Waals surface area contributed by atoms with Crippen LogP contribution >= 0.6 is 38.7 Å². The zero-order chi connectivity index (χ0) is 43.1. The van der Waals surface area contributed by atoms with E-state index in [1.54, 1.807) is 27.7 Å². The second-order valence-electron chi connectivity index (χ2n) is 14.1. The maximum absolute atomic E-state index is 12.7. The molecule has 58 heavy (non-hydrogen) atoms. The van der Waals surface area contributed by atoms with Gasteiger partial charge in [0.1, 0.15) is 6.23 Å². The molecular formula is C35H64N4O15P2S2. The average Bonchev–Trinajstić information content (AvgIpc) is 3.58. The molecule has 5 unspecified atom stereocenters. The van der Waals surface area contributed by atoms with Gasteiger partial charge in [0, 0.05) is 56.8 Å². The smallest absolute Gasteiger partial charge is 0.330 e. The van der Waals surface area contributed by atoms with Crippen LogP contribution in [0.3, 0.4) is 0 Å². The summed E-state index contributed by atoms with van der Waals surface area (Å²) in [7, 11) is -7.25. The van der Waals surface area contributed by atoms with Crippen molar-refractivity contribution >= 4 is 68.3 Å². The van der Waals surface area contributed by atoms with Gasteiger partial charge < -0.3 is 53.7 Å². The first-order chi connectivity index (χ1) is 27.5. The Hall–Kier alpha value is -1.61. The average molecular weight is 907 g/mol. The molecule has 0 aromatic heterocycles. The fourth-order valence-corrected chi connectivity index (χ4v) is 8.92. The zero-order valence-corrected chi connectivity index (χ0v) is 37.5. The predicted molar refractivity (Wildman–Crippen MR) is 220 cm³/mol. The molecule has 5 N–H and O–H groups in total. The maximum Gasteiger partial charge on any atom is 0.330 e. The van der Waals surface area contributed by atoms with Gasteiger partial charge in [0.2, 0.25) is 29.5 Å². The monoisotopic (exact) mass is 906 g/mol. The molecule has 0 radical (unpaired) electrons. The Balaban J connectivity index is 1.44. The highest BCUT2D eigenvalue weighted by Gasteiger charge is 2.39. The van der Waals surface area contributed by atoms with Gasteiger partial charge in [-0.15, -0.1) is 23.5 Å². The SMILES string of the molecule is CC(C)P(=O)(O)OCCCCCNC(=O)CCSC1CC(=O)N(CCOCCOCCOCCN2C(=O)C(SCCC(=O)NCCOP(=O)(O)C(C)C)CC2O)C1=O. The quantitative estimate of drug-likeness (QED) is 0.0358. The summed E-state index contributed by atoms with van der Waals surface area (Å²) in [6.07, 6.45) is 1.78. The second-order valence-corrected chi connectivity index (χ2v) is 21.6. The number of carbonyl (C=O) groups excluding carboxylic acids is 5.